The Morgan fingerprint density at radius 3 is 2.94 bits per heavy atom. The first-order valence-corrected chi connectivity index (χ1v) is 5.63. The van der Waals surface area contributed by atoms with E-state index in [4.69, 9.17) is 10.2 Å². The van der Waals surface area contributed by atoms with E-state index in [0.717, 1.165) is 12.2 Å². The highest BCUT2D eigenvalue weighted by Crippen LogP contribution is 2.07. The van der Waals surface area contributed by atoms with E-state index in [1.165, 1.54) is 0 Å². The molecular weight excluding hydrogens is 204 g/mol. The molecule has 1 amide bonds. The first-order valence-electron chi connectivity index (χ1n) is 5.63. The number of carbonyl (C=O) groups excluding carboxylic acids is 1. The third-order valence-electron chi connectivity index (χ3n) is 2.80. The zero-order chi connectivity index (χ0) is 12.0. The lowest BCUT2D eigenvalue weighted by molar-refractivity contribution is -0.131. The summed E-state index contributed by atoms with van der Waals surface area (Å²) in [4.78, 5) is 13.6. The topological polar surface area (TPSA) is 59.5 Å². The second kappa shape index (κ2) is 6.33. The van der Waals surface area contributed by atoms with Crippen molar-refractivity contribution in [2.75, 3.05) is 13.6 Å². The van der Waals surface area contributed by atoms with E-state index >= 15 is 0 Å². The summed E-state index contributed by atoms with van der Waals surface area (Å²) in [6, 6.07) is 3.92. The lowest BCUT2D eigenvalue weighted by atomic mass is 10.1. The number of carbonyl (C=O) groups is 1. The Kier molecular flexibility index (Phi) is 5.05. The van der Waals surface area contributed by atoms with Gasteiger partial charge in [0.15, 0.2) is 0 Å². The number of aryl methyl sites for hydroxylation is 1. The zero-order valence-electron chi connectivity index (χ0n) is 9.98. The molecule has 0 bridgehead atoms. The van der Waals surface area contributed by atoms with Crippen molar-refractivity contribution >= 4 is 5.91 Å². The van der Waals surface area contributed by atoms with Crippen LogP contribution in [0.4, 0.5) is 0 Å². The van der Waals surface area contributed by atoms with E-state index in [2.05, 4.69) is 0 Å². The van der Waals surface area contributed by atoms with Crippen LogP contribution in [0.3, 0.4) is 0 Å². The van der Waals surface area contributed by atoms with Crippen LogP contribution in [0.1, 0.15) is 25.5 Å². The molecule has 0 aliphatic rings. The van der Waals surface area contributed by atoms with Gasteiger partial charge in [-0.2, -0.15) is 0 Å². The number of furan rings is 1. The van der Waals surface area contributed by atoms with Crippen LogP contribution in [0.15, 0.2) is 22.8 Å². The van der Waals surface area contributed by atoms with Crippen LogP contribution < -0.4 is 5.73 Å². The second-order valence-electron chi connectivity index (χ2n) is 4.01. The van der Waals surface area contributed by atoms with Crippen molar-refractivity contribution in [2.45, 2.75) is 32.2 Å². The van der Waals surface area contributed by atoms with E-state index in [0.29, 0.717) is 19.4 Å². The van der Waals surface area contributed by atoms with Crippen molar-refractivity contribution in [1.29, 1.82) is 0 Å². The molecule has 1 rings (SSSR count). The highest BCUT2D eigenvalue weighted by atomic mass is 16.3. The van der Waals surface area contributed by atoms with E-state index in [1.54, 1.807) is 11.2 Å². The van der Waals surface area contributed by atoms with Crippen LogP contribution in [0, 0.1) is 0 Å². The van der Waals surface area contributed by atoms with Gasteiger partial charge in [-0.25, -0.2) is 0 Å². The molecule has 1 aromatic heterocycles. The number of amides is 1. The number of nitrogens with two attached hydrogens (primary N) is 1. The van der Waals surface area contributed by atoms with Crippen molar-refractivity contribution in [2.24, 2.45) is 5.73 Å². The maximum Gasteiger partial charge on any atom is 0.223 e. The summed E-state index contributed by atoms with van der Waals surface area (Å²) >= 11 is 0. The van der Waals surface area contributed by atoms with Gasteiger partial charge in [-0.1, -0.05) is 0 Å². The van der Waals surface area contributed by atoms with Crippen LogP contribution in [-0.2, 0) is 11.2 Å². The maximum absolute atomic E-state index is 11.8. The SMILES string of the molecule is CC(CCN)N(C)C(=O)CCc1ccco1. The second-order valence-corrected chi connectivity index (χ2v) is 4.01. The zero-order valence-corrected chi connectivity index (χ0v) is 9.98. The highest BCUT2D eigenvalue weighted by molar-refractivity contribution is 5.76. The predicted molar refractivity (Wildman–Crippen MR) is 62.9 cm³/mol. The van der Waals surface area contributed by atoms with Crippen LogP contribution in [0.25, 0.3) is 0 Å². The number of hydrogen-bond acceptors (Lipinski definition) is 3. The summed E-state index contributed by atoms with van der Waals surface area (Å²) in [5, 5.41) is 0. The number of hydrogen-bond donors (Lipinski definition) is 1. The monoisotopic (exact) mass is 224 g/mol. The Bertz CT molecular complexity index is 309. The van der Waals surface area contributed by atoms with Gasteiger partial charge in [0.1, 0.15) is 5.76 Å². The van der Waals surface area contributed by atoms with Gasteiger partial charge in [-0.05, 0) is 32.0 Å². The molecule has 0 saturated heterocycles. The number of nitrogens with zero attached hydrogens (tertiary/aromatic N) is 1. The first kappa shape index (κ1) is 12.8. The molecule has 4 heteroatoms. The average molecular weight is 224 g/mol. The summed E-state index contributed by atoms with van der Waals surface area (Å²) in [6.07, 6.45) is 3.61. The lowest BCUT2D eigenvalue weighted by Gasteiger charge is -2.24. The van der Waals surface area contributed by atoms with Gasteiger partial charge >= 0.3 is 0 Å². The van der Waals surface area contributed by atoms with Crippen molar-refractivity contribution in [3.05, 3.63) is 24.2 Å². The molecule has 1 heterocycles. The van der Waals surface area contributed by atoms with Crippen LogP contribution in [0.2, 0.25) is 0 Å². The standard InChI is InChI=1S/C12H20N2O2/c1-10(7-8-13)14(2)12(15)6-5-11-4-3-9-16-11/h3-4,9-10H,5-8,13H2,1-2H3. The molecule has 1 aromatic rings. The molecule has 1 atom stereocenters. The fraction of sp³-hybridized carbons (Fsp3) is 0.583. The molecule has 0 fully saturated rings. The summed E-state index contributed by atoms with van der Waals surface area (Å²) < 4.78 is 5.18. The van der Waals surface area contributed by atoms with E-state index in [9.17, 15) is 4.79 Å². The normalized spacial score (nSPS) is 12.4. The minimum absolute atomic E-state index is 0.136. The van der Waals surface area contributed by atoms with Crippen molar-refractivity contribution < 1.29 is 9.21 Å². The molecule has 1 unspecified atom stereocenters. The quantitative estimate of drug-likeness (QED) is 0.794. The Balaban J connectivity index is 2.34. The fourth-order valence-corrected chi connectivity index (χ4v) is 1.54. The smallest absolute Gasteiger partial charge is 0.223 e. The molecule has 0 spiro atoms. The molecule has 0 aliphatic heterocycles. The van der Waals surface area contributed by atoms with Gasteiger partial charge in [-0.3, -0.25) is 4.79 Å². The fourth-order valence-electron chi connectivity index (χ4n) is 1.54. The lowest BCUT2D eigenvalue weighted by Crippen LogP contribution is -2.36. The molecule has 90 valence electrons. The maximum atomic E-state index is 11.8. The third kappa shape index (κ3) is 3.70. The van der Waals surface area contributed by atoms with Crippen molar-refractivity contribution in [3.63, 3.8) is 0 Å². The minimum atomic E-state index is 0.136. The highest BCUT2D eigenvalue weighted by Gasteiger charge is 2.14. The van der Waals surface area contributed by atoms with E-state index < -0.39 is 0 Å². The Morgan fingerprint density at radius 2 is 2.38 bits per heavy atom. The Morgan fingerprint density at radius 1 is 1.62 bits per heavy atom. The summed E-state index contributed by atoms with van der Waals surface area (Å²) in [5.74, 6) is 0.991. The molecule has 2 N–H and O–H groups in total. The molecule has 0 aliphatic carbocycles. The molecule has 0 aromatic carbocycles. The van der Waals surface area contributed by atoms with Gasteiger partial charge in [-0.15, -0.1) is 0 Å². The van der Waals surface area contributed by atoms with E-state index in [-0.39, 0.29) is 11.9 Å². The third-order valence-corrected chi connectivity index (χ3v) is 2.80. The summed E-state index contributed by atoms with van der Waals surface area (Å²) in [6.45, 7) is 2.62. The van der Waals surface area contributed by atoms with Gasteiger partial charge in [0, 0.05) is 25.9 Å². The Labute approximate surface area is 96.4 Å². The Hall–Kier alpha value is -1.29. The van der Waals surface area contributed by atoms with Crippen molar-refractivity contribution in [3.8, 4) is 0 Å². The van der Waals surface area contributed by atoms with E-state index in [1.807, 2.05) is 26.1 Å². The van der Waals surface area contributed by atoms with Crippen LogP contribution in [0.5, 0.6) is 0 Å². The van der Waals surface area contributed by atoms with Gasteiger partial charge < -0.3 is 15.1 Å². The molecule has 16 heavy (non-hydrogen) atoms. The predicted octanol–water partition coefficient (Wildman–Crippen LogP) is 1.41. The van der Waals surface area contributed by atoms with Gasteiger partial charge in [0.25, 0.3) is 0 Å². The van der Waals surface area contributed by atoms with Gasteiger partial charge in [0.2, 0.25) is 5.91 Å². The molecular formula is C12H20N2O2. The van der Waals surface area contributed by atoms with Crippen molar-refractivity contribution in [1.82, 2.24) is 4.90 Å². The first-order chi connectivity index (χ1) is 7.65. The summed E-state index contributed by atoms with van der Waals surface area (Å²) in [7, 11) is 1.82. The number of rotatable bonds is 6. The average Bonchev–Trinajstić information content (AvgIpc) is 2.78. The van der Waals surface area contributed by atoms with Crippen LogP contribution >= 0.6 is 0 Å². The van der Waals surface area contributed by atoms with Gasteiger partial charge in [0.05, 0.1) is 6.26 Å². The molecule has 4 nitrogen and oxygen atoms in total. The largest absolute Gasteiger partial charge is 0.469 e. The molecule has 0 radical (unpaired) electrons. The van der Waals surface area contributed by atoms with Crippen LogP contribution in [-0.4, -0.2) is 30.4 Å². The minimum Gasteiger partial charge on any atom is -0.469 e. The molecule has 0 saturated carbocycles. The summed E-state index contributed by atoms with van der Waals surface area (Å²) in [5.41, 5.74) is 5.47.